The molecule has 1 saturated heterocycles. The van der Waals surface area contributed by atoms with E-state index < -0.39 is 0 Å². The van der Waals surface area contributed by atoms with Crippen molar-refractivity contribution in [3.05, 3.63) is 16.3 Å². The topological polar surface area (TPSA) is 93.4 Å². The fourth-order valence-electron chi connectivity index (χ4n) is 4.25. The van der Waals surface area contributed by atoms with Crippen LogP contribution < -0.4 is 11.1 Å². The first kappa shape index (κ1) is 19.5. The average Bonchev–Trinajstić information content (AvgIpc) is 2.97. The van der Waals surface area contributed by atoms with Crippen molar-refractivity contribution in [1.82, 2.24) is 14.9 Å². The van der Waals surface area contributed by atoms with E-state index >= 15 is 0 Å². The molecule has 0 spiro atoms. The Hall–Kier alpha value is -1.77. The molecule has 1 aliphatic heterocycles. The van der Waals surface area contributed by atoms with Crippen LogP contribution in [0.25, 0.3) is 10.2 Å². The molecule has 1 saturated carbocycles. The minimum absolute atomic E-state index is 0.0418. The van der Waals surface area contributed by atoms with Gasteiger partial charge in [-0.1, -0.05) is 12.8 Å². The highest BCUT2D eigenvalue weighted by atomic mass is 32.1. The van der Waals surface area contributed by atoms with Crippen LogP contribution in [0.5, 0.6) is 0 Å². The molecule has 0 radical (unpaired) electrons. The van der Waals surface area contributed by atoms with E-state index in [1.54, 1.807) is 11.3 Å². The highest BCUT2D eigenvalue weighted by Gasteiger charge is 2.30. The normalized spacial score (nSPS) is 23.8. The van der Waals surface area contributed by atoms with Crippen molar-refractivity contribution in [1.29, 1.82) is 0 Å². The summed E-state index contributed by atoms with van der Waals surface area (Å²) in [6, 6.07) is 0.0418. The van der Waals surface area contributed by atoms with E-state index in [0.29, 0.717) is 6.54 Å². The smallest absolute Gasteiger partial charge is 0.222 e. The van der Waals surface area contributed by atoms with Crippen LogP contribution in [0.4, 0.5) is 5.82 Å². The molecule has 4 rings (SSSR count). The lowest BCUT2D eigenvalue weighted by molar-refractivity contribution is -0.122. The van der Waals surface area contributed by atoms with Crippen LogP contribution >= 0.6 is 11.3 Å². The molecule has 1 amide bonds. The van der Waals surface area contributed by atoms with E-state index in [0.717, 1.165) is 73.8 Å². The van der Waals surface area contributed by atoms with Crippen LogP contribution in [0.1, 0.15) is 41.9 Å². The summed E-state index contributed by atoms with van der Waals surface area (Å²) in [5.74, 6) is 1.33. The number of aryl methyl sites for hydroxylation is 2. The van der Waals surface area contributed by atoms with Crippen molar-refractivity contribution in [2.75, 3.05) is 31.6 Å². The second-order valence-electron chi connectivity index (χ2n) is 7.88. The largest absolute Gasteiger partial charge is 0.379 e. The predicted octanol–water partition coefficient (Wildman–Crippen LogP) is 2.60. The molecule has 28 heavy (non-hydrogen) atoms. The quantitative estimate of drug-likeness (QED) is 0.797. The van der Waals surface area contributed by atoms with Crippen molar-refractivity contribution in [3.63, 3.8) is 0 Å². The van der Waals surface area contributed by atoms with Crippen molar-refractivity contribution in [2.45, 2.75) is 52.1 Å². The van der Waals surface area contributed by atoms with Gasteiger partial charge in [-0.3, -0.25) is 9.69 Å². The number of carbonyl (C=O) groups excluding carboxylic acids is 1. The second-order valence-corrected chi connectivity index (χ2v) is 9.09. The van der Waals surface area contributed by atoms with Crippen molar-refractivity contribution >= 4 is 33.3 Å². The Morgan fingerprint density at radius 1 is 1.25 bits per heavy atom. The fraction of sp³-hybridized carbons (Fsp3) is 0.650. The summed E-state index contributed by atoms with van der Waals surface area (Å²) in [4.78, 5) is 26.3. The lowest BCUT2D eigenvalue weighted by Gasteiger charge is -2.31. The highest BCUT2D eigenvalue weighted by molar-refractivity contribution is 7.18. The highest BCUT2D eigenvalue weighted by Crippen LogP contribution is 2.35. The molecule has 2 aliphatic rings. The van der Waals surface area contributed by atoms with Gasteiger partial charge in [0.05, 0.1) is 31.1 Å². The summed E-state index contributed by atoms with van der Waals surface area (Å²) in [5.41, 5.74) is 6.90. The number of carbonyl (C=O) groups is 1. The average molecular weight is 404 g/mol. The van der Waals surface area contributed by atoms with Gasteiger partial charge in [-0.05, 0) is 32.3 Å². The molecule has 7 nitrogen and oxygen atoms in total. The van der Waals surface area contributed by atoms with Crippen LogP contribution in [0.15, 0.2) is 0 Å². The maximum atomic E-state index is 12.0. The first-order chi connectivity index (χ1) is 13.5. The van der Waals surface area contributed by atoms with E-state index in [-0.39, 0.29) is 17.9 Å². The molecular weight excluding hydrogens is 374 g/mol. The monoisotopic (exact) mass is 403 g/mol. The molecule has 3 N–H and O–H groups in total. The van der Waals surface area contributed by atoms with Crippen LogP contribution in [-0.2, 0) is 16.1 Å². The molecule has 2 unspecified atom stereocenters. The molecule has 2 fully saturated rings. The predicted molar refractivity (Wildman–Crippen MR) is 112 cm³/mol. The number of thiophene rings is 1. The minimum atomic E-state index is -0.214. The van der Waals surface area contributed by atoms with E-state index in [1.807, 2.05) is 0 Å². The molecule has 0 bridgehead atoms. The molecule has 2 aromatic heterocycles. The summed E-state index contributed by atoms with van der Waals surface area (Å²) >= 11 is 1.71. The first-order valence-electron chi connectivity index (χ1n) is 10.2. The summed E-state index contributed by atoms with van der Waals surface area (Å²) in [6.07, 6.45) is 3.96. The number of hydrogen-bond acceptors (Lipinski definition) is 7. The zero-order valence-corrected chi connectivity index (χ0v) is 17.5. The Kier molecular flexibility index (Phi) is 5.80. The van der Waals surface area contributed by atoms with Crippen LogP contribution in [0.3, 0.4) is 0 Å². The number of rotatable bonds is 5. The molecule has 1 aliphatic carbocycles. The summed E-state index contributed by atoms with van der Waals surface area (Å²) in [7, 11) is 0. The number of amides is 1. The standard InChI is InChI=1S/C20H29N5O2S/c1-12-13(2)28-20-17(12)19(22-15-6-4-3-5-14(15)18(21)26)23-16(24-20)11-25-7-9-27-10-8-25/h14-15H,3-11H2,1-2H3,(H2,21,26)(H,22,23,24). The lowest BCUT2D eigenvalue weighted by atomic mass is 9.84. The van der Waals surface area contributed by atoms with Gasteiger partial charge in [0.2, 0.25) is 5.91 Å². The zero-order valence-electron chi connectivity index (χ0n) is 16.7. The minimum Gasteiger partial charge on any atom is -0.379 e. The lowest BCUT2D eigenvalue weighted by Crippen LogP contribution is -2.41. The molecule has 3 heterocycles. The molecular formula is C20H29N5O2S. The molecule has 2 aromatic rings. The van der Waals surface area contributed by atoms with Crippen molar-refractivity contribution < 1.29 is 9.53 Å². The number of nitrogens with one attached hydrogen (secondary N) is 1. The number of nitrogens with two attached hydrogens (primary N) is 1. The number of fused-ring (bicyclic) bond motifs is 1. The number of primary amides is 1. The molecule has 2 atom stereocenters. The van der Waals surface area contributed by atoms with Gasteiger partial charge >= 0.3 is 0 Å². The SMILES string of the molecule is Cc1sc2nc(CN3CCOCC3)nc(NC3CCCCC3C(N)=O)c2c1C. The van der Waals surface area contributed by atoms with Gasteiger partial charge in [-0.25, -0.2) is 9.97 Å². The molecule has 8 heteroatoms. The van der Waals surface area contributed by atoms with Gasteiger partial charge in [-0.2, -0.15) is 0 Å². The summed E-state index contributed by atoms with van der Waals surface area (Å²) < 4.78 is 5.45. The Bertz CT molecular complexity index is 862. The van der Waals surface area contributed by atoms with E-state index in [9.17, 15) is 4.79 Å². The van der Waals surface area contributed by atoms with Gasteiger partial charge < -0.3 is 15.8 Å². The van der Waals surface area contributed by atoms with E-state index in [4.69, 9.17) is 20.4 Å². The Morgan fingerprint density at radius 2 is 2.00 bits per heavy atom. The van der Waals surface area contributed by atoms with Crippen LogP contribution in [0.2, 0.25) is 0 Å². The number of aromatic nitrogens is 2. The maximum Gasteiger partial charge on any atom is 0.222 e. The van der Waals surface area contributed by atoms with E-state index in [1.165, 1.54) is 10.4 Å². The van der Waals surface area contributed by atoms with Crippen molar-refractivity contribution in [2.24, 2.45) is 11.7 Å². The third-order valence-electron chi connectivity index (χ3n) is 6.00. The number of anilines is 1. The number of nitrogens with zero attached hydrogens (tertiary/aromatic N) is 3. The van der Waals surface area contributed by atoms with Gasteiger partial charge in [0.1, 0.15) is 16.5 Å². The number of hydrogen-bond donors (Lipinski definition) is 2. The number of morpholine rings is 1. The summed E-state index contributed by atoms with van der Waals surface area (Å²) in [6.45, 7) is 8.28. The maximum absolute atomic E-state index is 12.0. The van der Waals surface area contributed by atoms with Gasteiger partial charge in [-0.15, -0.1) is 11.3 Å². The van der Waals surface area contributed by atoms with Crippen molar-refractivity contribution in [3.8, 4) is 0 Å². The second kappa shape index (κ2) is 8.31. The van der Waals surface area contributed by atoms with Crippen LogP contribution in [-0.4, -0.2) is 53.1 Å². The van der Waals surface area contributed by atoms with Crippen LogP contribution in [0, 0.1) is 19.8 Å². The number of ether oxygens (including phenoxy) is 1. The zero-order chi connectivity index (χ0) is 19.7. The van der Waals surface area contributed by atoms with E-state index in [2.05, 4.69) is 24.1 Å². The Morgan fingerprint density at radius 3 is 2.75 bits per heavy atom. The van der Waals surface area contributed by atoms with Gasteiger partial charge in [0.15, 0.2) is 0 Å². The molecule has 0 aromatic carbocycles. The first-order valence-corrected chi connectivity index (χ1v) is 11.0. The third-order valence-corrected chi connectivity index (χ3v) is 7.10. The Labute approximate surface area is 169 Å². The molecule has 152 valence electrons. The van der Waals surface area contributed by atoms with Gasteiger partial charge in [0, 0.05) is 24.0 Å². The van der Waals surface area contributed by atoms with Gasteiger partial charge in [0.25, 0.3) is 0 Å². The fourth-order valence-corrected chi connectivity index (χ4v) is 5.30. The third kappa shape index (κ3) is 3.99. The Balaban J connectivity index is 1.67. The summed E-state index contributed by atoms with van der Waals surface area (Å²) in [5, 5.41) is 4.68.